The summed E-state index contributed by atoms with van der Waals surface area (Å²) in [6, 6.07) is 0.115. The quantitative estimate of drug-likeness (QED) is 0.700. The highest BCUT2D eigenvalue weighted by Crippen LogP contribution is 2.52. The van der Waals surface area contributed by atoms with E-state index in [0.717, 1.165) is 0 Å². The van der Waals surface area contributed by atoms with E-state index in [2.05, 4.69) is 4.74 Å². The van der Waals surface area contributed by atoms with Crippen molar-refractivity contribution < 1.29 is 62.9 Å². The van der Waals surface area contributed by atoms with E-state index in [4.69, 9.17) is 10.4 Å². The molecule has 136 valence electrons. The van der Waals surface area contributed by atoms with E-state index in [1.807, 2.05) is 4.74 Å². The molecule has 0 radical (unpaired) electrons. The Morgan fingerprint density at radius 2 is 1.35 bits per heavy atom. The van der Waals surface area contributed by atoms with Crippen molar-refractivity contribution in [3.8, 4) is 6.07 Å². The Labute approximate surface area is 119 Å². The van der Waals surface area contributed by atoms with Gasteiger partial charge in [-0.3, -0.25) is 9.47 Å². The molecule has 0 rings (SSSR count). The van der Waals surface area contributed by atoms with Crippen LogP contribution in [0.2, 0.25) is 0 Å². The van der Waals surface area contributed by atoms with Crippen molar-refractivity contribution in [2.24, 2.45) is 0 Å². The molecule has 0 spiro atoms. The van der Waals surface area contributed by atoms with Crippen LogP contribution in [0.1, 0.15) is 0 Å². The van der Waals surface area contributed by atoms with Crippen LogP contribution in [0.5, 0.6) is 0 Å². The molecule has 0 aliphatic carbocycles. The second-order valence-corrected chi connectivity index (χ2v) is 3.65. The highest BCUT2D eigenvalue weighted by Gasteiger charge is 2.80. The van der Waals surface area contributed by atoms with Gasteiger partial charge < -0.3 is 5.11 Å². The summed E-state index contributed by atoms with van der Waals surface area (Å²) in [7, 11) is 0. The van der Waals surface area contributed by atoms with Gasteiger partial charge in [0.25, 0.3) is 6.36 Å². The fourth-order valence-electron chi connectivity index (χ4n) is 0.858. The maximum Gasteiger partial charge on any atom is 0.458 e. The molecule has 0 saturated heterocycles. The highest BCUT2D eigenvalue weighted by atomic mass is 19.4. The zero-order valence-corrected chi connectivity index (χ0v) is 10.2. The van der Waals surface area contributed by atoms with Crippen molar-refractivity contribution in [3.63, 3.8) is 0 Å². The Balaban J connectivity index is 5.94. The molecule has 0 heterocycles. The molecule has 0 aromatic rings. The zero-order valence-electron chi connectivity index (χ0n) is 10.2. The van der Waals surface area contributed by atoms with Crippen LogP contribution in [0.4, 0.5) is 48.3 Å². The predicted octanol–water partition coefficient (Wildman–Crippen LogP) is 2.88. The number of aliphatic hydroxyl groups excluding tert-OH is 1. The third kappa shape index (κ3) is 4.12. The monoisotopic (exact) mass is 371 g/mol. The number of ether oxygens (including phenoxy) is 2. The molecule has 1 N–H and O–H groups in total. The van der Waals surface area contributed by atoms with Crippen molar-refractivity contribution >= 4 is 0 Å². The van der Waals surface area contributed by atoms with Crippen molar-refractivity contribution in [1.29, 1.82) is 5.26 Å². The molecule has 0 aromatic carbocycles. The Hall–Kier alpha value is -1.40. The molecule has 23 heavy (non-hydrogen) atoms. The highest BCUT2D eigenvalue weighted by molar-refractivity contribution is 4.92. The molecule has 0 bridgehead atoms. The summed E-state index contributed by atoms with van der Waals surface area (Å²) in [4.78, 5) is 0. The summed E-state index contributed by atoms with van der Waals surface area (Å²) in [6.45, 7) is -2.91. The van der Waals surface area contributed by atoms with E-state index in [0.29, 0.717) is 0 Å². The molecule has 0 amide bonds. The van der Waals surface area contributed by atoms with Crippen molar-refractivity contribution in [3.05, 3.63) is 0 Å². The second-order valence-electron chi connectivity index (χ2n) is 3.65. The van der Waals surface area contributed by atoms with Gasteiger partial charge in [-0.1, -0.05) is 0 Å². The van der Waals surface area contributed by atoms with Gasteiger partial charge in [-0.25, -0.2) is 0 Å². The normalized spacial score (nSPS) is 18.2. The van der Waals surface area contributed by atoms with Crippen LogP contribution in [0.25, 0.3) is 0 Å². The Morgan fingerprint density at radius 1 is 0.913 bits per heavy atom. The van der Waals surface area contributed by atoms with Crippen LogP contribution < -0.4 is 0 Å². The number of hydrogen-bond acceptors (Lipinski definition) is 4. The molecule has 0 aromatic heterocycles. The van der Waals surface area contributed by atoms with E-state index in [-0.39, 0.29) is 6.07 Å². The fourth-order valence-corrected chi connectivity index (χ4v) is 0.858. The van der Waals surface area contributed by atoms with Gasteiger partial charge in [-0.05, 0) is 0 Å². The van der Waals surface area contributed by atoms with Gasteiger partial charge in [-0.15, -0.1) is 0 Å². The number of halogens is 11. The van der Waals surface area contributed by atoms with Crippen LogP contribution in [0.3, 0.4) is 0 Å². The van der Waals surface area contributed by atoms with Crippen LogP contribution in [-0.4, -0.2) is 48.2 Å². The van der Waals surface area contributed by atoms with Gasteiger partial charge in [0.15, 0.2) is 0 Å². The van der Waals surface area contributed by atoms with E-state index < -0.39 is 43.1 Å². The number of rotatable bonds is 7. The first-order valence-corrected chi connectivity index (χ1v) is 4.89. The number of hydrogen-bond donors (Lipinski definition) is 1. The lowest BCUT2D eigenvalue weighted by molar-refractivity contribution is -0.524. The minimum Gasteiger partial charge on any atom is -0.390 e. The molecule has 0 saturated carbocycles. The summed E-state index contributed by atoms with van der Waals surface area (Å²) in [5, 5.41) is 15.6. The molecule has 4 nitrogen and oxygen atoms in total. The number of nitrogens with zero attached hydrogens (tertiary/aromatic N) is 1. The minimum atomic E-state index is -7.14. The zero-order chi connectivity index (χ0) is 18.9. The Kier molecular flexibility index (Phi) is 5.86. The summed E-state index contributed by atoms with van der Waals surface area (Å²) < 4.78 is 143. The number of alkyl halides is 11. The Bertz CT molecular complexity index is 459. The third-order valence-corrected chi connectivity index (χ3v) is 1.99. The molecule has 0 aliphatic rings. The standard InChI is InChI=1S/C8H4F11NO3/c9-3(1-20)22-8(18,19)5(12,6(13,14)15)23-7(16,17)4(10,11)2-21/h3,21H,2H2. The van der Waals surface area contributed by atoms with E-state index in [9.17, 15) is 48.3 Å². The molecule has 2 unspecified atom stereocenters. The van der Waals surface area contributed by atoms with Gasteiger partial charge in [0, 0.05) is 0 Å². The fraction of sp³-hybridized carbons (Fsp3) is 0.875. The molecule has 0 aliphatic heterocycles. The first-order chi connectivity index (χ1) is 9.97. The van der Waals surface area contributed by atoms with Gasteiger partial charge in [0.05, 0.1) is 0 Å². The molecule has 2 atom stereocenters. The Morgan fingerprint density at radius 3 is 1.65 bits per heavy atom. The smallest absolute Gasteiger partial charge is 0.390 e. The molecular weight excluding hydrogens is 367 g/mol. The first-order valence-electron chi connectivity index (χ1n) is 4.89. The van der Waals surface area contributed by atoms with Crippen molar-refractivity contribution in [2.75, 3.05) is 6.61 Å². The predicted molar refractivity (Wildman–Crippen MR) is 44.5 cm³/mol. The van der Waals surface area contributed by atoms with Gasteiger partial charge in [0.2, 0.25) is 0 Å². The van der Waals surface area contributed by atoms with Crippen molar-refractivity contribution in [1.82, 2.24) is 0 Å². The lowest BCUT2D eigenvalue weighted by Gasteiger charge is -2.37. The average Bonchev–Trinajstić information content (AvgIpc) is 2.35. The van der Waals surface area contributed by atoms with E-state index in [1.54, 1.807) is 0 Å². The third-order valence-electron chi connectivity index (χ3n) is 1.99. The van der Waals surface area contributed by atoms with Crippen LogP contribution in [-0.2, 0) is 9.47 Å². The topological polar surface area (TPSA) is 62.5 Å². The second kappa shape index (κ2) is 6.24. The number of aliphatic hydroxyl groups is 1. The van der Waals surface area contributed by atoms with Gasteiger partial charge in [-0.2, -0.15) is 53.6 Å². The molecular formula is C8H4F11NO3. The maximum atomic E-state index is 13.3. The summed E-state index contributed by atoms with van der Waals surface area (Å²) in [5.74, 6) is -12.9. The molecule has 0 fully saturated rings. The first kappa shape index (κ1) is 21.6. The van der Waals surface area contributed by atoms with Crippen LogP contribution >= 0.6 is 0 Å². The van der Waals surface area contributed by atoms with Gasteiger partial charge in [0.1, 0.15) is 12.7 Å². The van der Waals surface area contributed by atoms with Gasteiger partial charge >= 0.3 is 30.2 Å². The SMILES string of the molecule is N#CC(F)OC(F)(F)C(F)(OC(F)(F)C(F)(F)CO)C(F)(F)F. The lowest BCUT2D eigenvalue weighted by atomic mass is 10.2. The van der Waals surface area contributed by atoms with Crippen molar-refractivity contribution in [2.45, 2.75) is 36.5 Å². The summed E-state index contributed by atoms with van der Waals surface area (Å²) in [5.41, 5.74) is 0. The number of nitriles is 1. The average molecular weight is 371 g/mol. The largest absolute Gasteiger partial charge is 0.458 e. The maximum absolute atomic E-state index is 13.3. The summed E-state index contributed by atoms with van der Waals surface area (Å²) in [6.07, 6.45) is -24.4. The van der Waals surface area contributed by atoms with E-state index >= 15 is 0 Å². The van der Waals surface area contributed by atoms with Crippen LogP contribution in [0, 0.1) is 11.3 Å². The lowest BCUT2D eigenvalue weighted by Crippen LogP contribution is -2.64. The van der Waals surface area contributed by atoms with E-state index in [1.165, 1.54) is 0 Å². The summed E-state index contributed by atoms with van der Waals surface area (Å²) >= 11 is 0. The van der Waals surface area contributed by atoms with Crippen LogP contribution in [0.15, 0.2) is 0 Å². The minimum absolute atomic E-state index is 0.115. The molecule has 15 heteroatoms.